The number of para-hydroxylation sites is 1. The molecule has 226 valence electrons. The first-order chi connectivity index (χ1) is 20.7. The molecule has 1 spiro atoms. The third kappa shape index (κ3) is 4.62. The number of anilines is 2. The molecule has 2 saturated heterocycles. The average molecular weight is 604 g/mol. The van der Waals surface area contributed by atoms with Crippen LogP contribution in [0, 0.1) is 17.8 Å². The number of fused-ring (bicyclic) bond motifs is 2. The summed E-state index contributed by atoms with van der Waals surface area (Å²) in [5, 5.41) is 11.2. The predicted molar refractivity (Wildman–Crippen MR) is 166 cm³/mol. The van der Waals surface area contributed by atoms with E-state index in [9.17, 15) is 19.5 Å². The molecule has 4 heterocycles. The van der Waals surface area contributed by atoms with E-state index in [2.05, 4.69) is 0 Å². The fourth-order valence-electron chi connectivity index (χ4n) is 7.61. The number of nitrogens with zero attached hydrogens (tertiary/aromatic N) is 3. The summed E-state index contributed by atoms with van der Waals surface area (Å²) in [5.41, 5.74) is -1.11. The number of ether oxygens (including phenoxy) is 1. The van der Waals surface area contributed by atoms with Gasteiger partial charge in [-0.15, -0.1) is 0 Å². The van der Waals surface area contributed by atoms with Crippen LogP contribution in [0.3, 0.4) is 0 Å². The van der Waals surface area contributed by atoms with Crippen LogP contribution in [0.15, 0.2) is 78.9 Å². The van der Waals surface area contributed by atoms with Crippen molar-refractivity contribution in [3.05, 3.63) is 83.9 Å². The Kier molecular flexibility index (Phi) is 7.73. The lowest BCUT2D eigenvalue weighted by molar-refractivity contribution is -0.149. The fraction of sp³-hybridized carbons (Fsp3) is 0.441. The minimum atomic E-state index is -1.40. The summed E-state index contributed by atoms with van der Waals surface area (Å²) in [4.78, 5) is 49.0. The van der Waals surface area contributed by atoms with Crippen LogP contribution in [0.2, 0.25) is 5.02 Å². The van der Waals surface area contributed by atoms with Crippen LogP contribution in [0.4, 0.5) is 11.4 Å². The van der Waals surface area contributed by atoms with Gasteiger partial charge in [0.1, 0.15) is 11.6 Å². The highest BCUT2D eigenvalue weighted by Gasteiger charge is 2.76. The zero-order valence-corrected chi connectivity index (χ0v) is 25.5. The van der Waals surface area contributed by atoms with Gasteiger partial charge >= 0.3 is 0 Å². The summed E-state index contributed by atoms with van der Waals surface area (Å²) in [5.74, 6) is -2.53. The second kappa shape index (κ2) is 11.2. The van der Waals surface area contributed by atoms with Crippen LogP contribution in [-0.2, 0) is 19.1 Å². The van der Waals surface area contributed by atoms with Crippen molar-refractivity contribution in [2.45, 2.75) is 56.9 Å². The normalized spacial score (nSPS) is 30.8. The highest BCUT2D eigenvalue weighted by Crippen LogP contribution is 2.59. The molecule has 9 heteroatoms. The van der Waals surface area contributed by atoms with Gasteiger partial charge in [0.05, 0.1) is 30.1 Å². The highest BCUT2D eigenvalue weighted by molar-refractivity contribution is 6.30. The molecule has 2 aromatic rings. The number of hydrogen-bond acceptors (Lipinski definition) is 5. The number of amides is 3. The maximum Gasteiger partial charge on any atom is 0.253 e. The van der Waals surface area contributed by atoms with Crippen molar-refractivity contribution < 1.29 is 24.2 Å². The van der Waals surface area contributed by atoms with E-state index in [0.29, 0.717) is 30.1 Å². The third-order valence-electron chi connectivity index (χ3n) is 9.43. The molecular formula is C34H38ClN3O5. The van der Waals surface area contributed by atoms with Gasteiger partial charge in [-0.3, -0.25) is 14.4 Å². The largest absolute Gasteiger partial charge is 0.394 e. The Labute approximate surface area is 257 Å². The fourth-order valence-corrected chi connectivity index (χ4v) is 7.73. The minimum Gasteiger partial charge on any atom is -0.394 e. The van der Waals surface area contributed by atoms with E-state index in [-0.39, 0.29) is 36.8 Å². The molecule has 4 aliphatic rings. The Balaban J connectivity index is 1.52. The van der Waals surface area contributed by atoms with Gasteiger partial charge in [-0.2, -0.15) is 0 Å². The Bertz CT molecular complexity index is 1460. The molecule has 2 fully saturated rings. The molecule has 2 aromatic carbocycles. The topological polar surface area (TPSA) is 90.4 Å². The molecule has 3 amide bonds. The van der Waals surface area contributed by atoms with E-state index in [1.54, 1.807) is 39.0 Å². The molecule has 1 unspecified atom stereocenters. The van der Waals surface area contributed by atoms with Crippen molar-refractivity contribution >= 4 is 40.7 Å². The van der Waals surface area contributed by atoms with E-state index in [4.69, 9.17) is 16.3 Å². The Morgan fingerprint density at radius 3 is 2.14 bits per heavy atom. The van der Waals surface area contributed by atoms with Gasteiger partial charge in [-0.1, -0.05) is 74.9 Å². The predicted octanol–water partition coefficient (Wildman–Crippen LogP) is 4.61. The second-order valence-corrected chi connectivity index (χ2v) is 12.8. The molecule has 6 rings (SSSR count). The van der Waals surface area contributed by atoms with Gasteiger partial charge in [0.2, 0.25) is 11.8 Å². The molecule has 1 N–H and O–H groups in total. The van der Waals surface area contributed by atoms with Gasteiger partial charge < -0.3 is 24.5 Å². The zero-order chi connectivity index (χ0) is 30.5. The van der Waals surface area contributed by atoms with Crippen molar-refractivity contribution in [1.82, 2.24) is 4.90 Å². The maximum absolute atomic E-state index is 14.8. The van der Waals surface area contributed by atoms with Gasteiger partial charge in [-0.25, -0.2) is 0 Å². The van der Waals surface area contributed by atoms with Gasteiger partial charge in [0.25, 0.3) is 5.91 Å². The number of aliphatic hydroxyl groups excluding tert-OH is 1. The summed E-state index contributed by atoms with van der Waals surface area (Å²) in [6.45, 7) is 6.28. The first-order valence-electron chi connectivity index (χ1n) is 15.1. The number of rotatable bonds is 7. The second-order valence-electron chi connectivity index (χ2n) is 12.3. The molecule has 0 aromatic heterocycles. The van der Waals surface area contributed by atoms with E-state index < -0.39 is 35.1 Å². The molecular weight excluding hydrogens is 566 g/mol. The number of carbonyl (C=O) groups excluding carboxylic acids is 3. The number of benzene rings is 2. The van der Waals surface area contributed by atoms with E-state index in [1.807, 2.05) is 75.4 Å². The summed E-state index contributed by atoms with van der Waals surface area (Å²) in [7, 11) is 0. The average Bonchev–Trinajstić information content (AvgIpc) is 3.30. The van der Waals surface area contributed by atoms with E-state index in [1.165, 1.54) is 0 Å². The van der Waals surface area contributed by atoms with Gasteiger partial charge in [0.15, 0.2) is 0 Å². The molecule has 6 atom stereocenters. The van der Waals surface area contributed by atoms with Gasteiger partial charge in [-0.05, 0) is 55.2 Å². The van der Waals surface area contributed by atoms with Crippen LogP contribution in [-0.4, -0.2) is 70.7 Å². The summed E-state index contributed by atoms with van der Waals surface area (Å²) in [6, 6.07) is 14.7. The van der Waals surface area contributed by atoms with Gasteiger partial charge in [0, 0.05) is 29.5 Å². The lowest BCUT2D eigenvalue weighted by atomic mass is 9.73. The molecule has 0 bridgehead atoms. The monoisotopic (exact) mass is 603 g/mol. The Morgan fingerprint density at radius 2 is 1.51 bits per heavy atom. The maximum atomic E-state index is 14.8. The van der Waals surface area contributed by atoms with Crippen molar-refractivity contribution in [3.63, 3.8) is 0 Å². The summed E-state index contributed by atoms with van der Waals surface area (Å²) >= 11 is 6.16. The summed E-state index contributed by atoms with van der Waals surface area (Å²) in [6.07, 6.45) is 8.51. The molecule has 43 heavy (non-hydrogen) atoms. The first kappa shape index (κ1) is 29.6. The quantitative estimate of drug-likeness (QED) is 0.467. The number of halogens is 1. The molecule has 0 saturated carbocycles. The van der Waals surface area contributed by atoms with Crippen LogP contribution in [0.1, 0.15) is 33.6 Å². The number of hydrogen-bond donors (Lipinski definition) is 1. The molecule has 4 aliphatic heterocycles. The summed E-state index contributed by atoms with van der Waals surface area (Å²) < 4.78 is 7.07. The van der Waals surface area contributed by atoms with Crippen molar-refractivity contribution in [3.8, 4) is 0 Å². The van der Waals surface area contributed by atoms with Crippen molar-refractivity contribution in [2.75, 3.05) is 29.5 Å². The first-order valence-corrected chi connectivity index (χ1v) is 15.5. The SMILES string of the molecule is CC[C@]12C=CCN(c3ccccc3)C(=O)[C@H]1[C@H]1C(=O)N([C@@H](CO)CC(C)C)C3C(=O)N(c4ccc(Cl)cc4)CC=C[C@@]31O2. The Morgan fingerprint density at radius 1 is 0.884 bits per heavy atom. The van der Waals surface area contributed by atoms with Crippen molar-refractivity contribution in [2.24, 2.45) is 17.8 Å². The van der Waals surface area contributed by atoms with Crippen LogP contribution >= 0.6 is 11.6 Å². The van der Waals surface area contributed by atoms with Crippen LogP contribution in [0.5, 0.6) is 0 Å². The molecule has 0 aliphatic carbocycles. The Hall–Kier alpha value is -3.46. The minimum absolute atomic E-state index is 0.150. The third-order valence-corrected chi connectivity index (χ3v) is 9.68. The molecule has 0 radical (unpaired) electrons. The standard InChI is InChI=1S/C34H38ClN3O5/c1-4-33-16-8-18-36(24-10-6-5-7-11-24)30(40)27(33)28-31(41)38(26(21-39)20-22(2)3)29-32(42)37(19-9-17-34(28,29)43-33)25-14-12-23(35)13-15-25/h5-17,22,26-29,39H,4,18-21H2,1-3H3/t26-,27-,28+,29?,33+,34+/m1/s1. The van der Waals surface area contributed by atoms with E-state index in [0.717, 1.165) is 5.69 Å². The highest BCUT2D eigenvalue weighted by atomic mass is 35.5. The zero-order valence-electron chi connectivity index (χ0n) is 24.7. The van der Waals surface area contributed by atoms with Crippen molar-refractivity contribution in [1.29, 1.82) is 0 Å². The van der Waals surface area contributed by atoms with Crippen LogP contribution in [0.25, 0.3) is 0 Å². The van der Waals surface area contributed by atoms with Crippen LogP contribution < -0.4 is 9.80 Å². The molecule has 8 nitrogen and oxygen atoms in total. The smallest absolute Gasteiger partial charge is 0.253 e. The number of aliphatic hydroxyl groups is 1. The lowest BCUT2D eigenvalue weighted by Gasteiger charge is -2.41. The lowest BCUT2D eigenvalue weighted by Crippen LogP contribution is -2.59. The van der Waals surface area contributed by atoms with E-state index >= 15 is 0 Å². The number of carbonyl (C=O) groups is 3. The number of likely N-dealkylation sites (tertiary alicyclic amines) is 1.